The van der Waals surface area contributed by atoms with E-state index in [0.29, 0.717) is 5.88 Å². The minimum atomic E-state index is 0.439. The molecule has 1 heterocycles. The second kappa shape index (κ2) is 5.90. The number of aromatic nitrogens is 2. The van der Waals surface area contributed by atoms with Crippen molar-refractivity contribution in [1.82, 2.24) is 9.78 Å². The summed E-state index contributed by atoms with van der Waals surface area (Å²) < 4.78 is 1.89. The maximum Gasteiger partial charge on any atom is 0.0971 e. The molecular formula is C20H15ClN2. The molecule has 4 aromatic rings. The van der Waals surface area contributed by atoms with Crippen LogP contribution in [0.15, 0.2) is 79.0 Å². The van der Waals surface area contributed by atoms with Crippen LogP contribution < -0.4 is 0 Å². The van der Waals surface area contributed by atoms with Gasteiger partial charge in [0.2, 0.25) is 0 Å². The van der Waals surface area contributed by atoms with E-state index in [1.165, 1.54) is 10.8 Å². The molecule has 0 aliphatic rings. The molecule has 23 heavy (non-hydrogen) atoms. The number of para-hydroxylation sites is 1. The minimum absolute atomic E-state index is 0.439. The first-order valence-corrected chi connectivity index (χ1v) is 8.08. The quantitative estimate of drug-likeness (QED) is 0.460. The highest BCUT2D eigenvalue weighted by Crippen LogP contribution is 2.28. The van der Waals surface area contributed by atoms with Gasteiger partial charge in [-0.3, -0.25) is 0 Å². The van der Waals surface area contributed by atoms with Crippen LogP contribution in [0.1, 0.15) is 5.56 Å². The Morgan fingerprint density at radius 1 is 0.826 bits per heavy atom. The minimum Gasteiger partial charge on any atom is -0.240 e. The van der Waals surface area contributed by atoms with Crippen molar-refractivity contribution in [3.8, 4) is 16.9 Å². The lowest BCUT2D eigenvalue weighted by molar-refractivity contribution is 0.884. The lowest BCUT2D eigenvalue weighted by Crippen LogP contribution is -1.94. The second-order valence-corrected chi connectivity index (χ2v) is 5.75. The molecular weight excluding hydrogens is 304 g/mol. The monoisotopic (exact) mass is 318 g/mol. The summed E-state index contributed by atoms with van der Waals surface area (Å²) >= 11 is 6.15. The van der Waals surface area contributed by atoms with Crippen LogP contribution in [0.2, 0.25) is 0 Å². The Balaban J connectivity index is 1.85. The van der Waals surface area contributed by atoms with E-state index < -0.39 is 0 Å². The number of benzene rings is 3. The summed E-state index contributed by atoms with van der Waals surface area (Å²) in [5, 5.41) is 7.20. The fourth-order valence-electron chi connectivity index (χ4n) is 2.80. The van der Waals surface area contributed by atoms with Crippen LogP contribution in [-0.2, 0) is 5.88 Å². The SMILES string of the molecule is ClCc1cn(-c2ccccc2)nc1-c1ccc2ccccc2c1. The van der Waals surface area contributed by atoms with Crippen molar-refractivity contribution >= 4 is 22.4 Å². The average Bonchev–Trinajstić information content (AvgIpc) is 3.06. The molecule has 0 saturated carbocycles. The molecule has 0 spiro atoms. The predicted molar refractivity (Wildman–Crippen MR) is 96.1 cm³/mol. The summed E-state index contributed by atoms with van der Waals surface area (Å²) in [5.41, 5.74) is 4.10. The van der Waals surface area contributed by atoms with Crippen molar-refractivity contribution in [2.24, 2.45) is 0 Å². The molecule has 0 atom stereocenters. The molecule has 0 bridgehead atoms. The van der Waals surface area contributed by atoms with E-state index in [-0.39, 0.29) is 0 Å². The van der Waals surface area contributed by atoms with Gasteiger partial charge >= 0.3 is 0 Å². The van der Waals surface area contributed by atoms with E-state index in [1.54, 1.807) is 0 Å². The van der Waals surface area contributed by atoms with Gasteiger partial charge in [-0.1, -0.05) is 54.6 Å². The summed E-state index contributed by atoms with van der Waals surface area (Å²) in [5.74, 6) is 0.439. The molecule has 0 aliphatic carbocycles. The lowest BCUT2D eigenvalue weighted by atomic mass is 10.0. The van der Waals surface area contributed by atoms with E-state index in [0.717, 1.165) is 22.5 Å². The Labute approximate surface area is 140 Å². The average molecular weight is 319 g/mol. The van der Waals surface area contributed by atoms with Gasteiger partial charge < -0.3 is 0 Å². The van der Waals surface area contributed by atoms with E-state index in [4.69, 9.17) is 16.7 Å². The van der Waals surface area contributed by atoms with Gasteiger partial charge in [-0.15, -0.1) is 11.6 Å². The van der Waals surface area contributed by atoms with Crippen LogP contribution in [0.5, 0.6) is 0 Å². The normalized spacial score (nSPS) is 11.0. The second-order valence-electron chi connectivity index (χ2n) is 5.48. The number of fused-ring (bicyclic) bond motifs is 1. The molecule has 3 aromatic carbocycles. The molecule has 0 N–H and O–H groups in total. The maximum atomic E-state index is 6.15. The van der Waals surface area contributed by atoms with Gasteiger partial charge in [0.15, 0.2) is 0 Å². The Bertz CT molecular complexity index is 958. The molecule has 4 rings (SSSR count). The third-order valence-electron chi connectivity index (χ3n) is 3.98. The molecule has 1 aromatic heterocycles. The van der Waals surface area contributed by atoms with Crippen LogP contribution in [0.4, 0.5) is 0 Å². The predicted octanol–water partition coefficient (Wildman–Crippen LogP) is 5.43. The van der Waals surface area contributed by atoms with Crippen LogP contribution in [0.25, 0.3) is 27.7 Å². The van der Waals surface area contributed by atoms with Gasteiger partial charge in [0.05, 0.1) is 17.3 Å². The number of hydrogen-bond donors (Lipinski definition) is 0. The largest absolute Gasteiger partial charge is 0.240 e. The smallest absolute Gasteiger partial charge is 0.0971 e. The molecule has 2 nitrogen and oxygen atoms in total. The number of alkyl halides is 1. The number of hydrogen-bond acceptors (Lipinski definition) is 1. The standard InChI is InChI=1S/C20H15ClN2/c21-13-18-14-23(19-8-2-1-3-9-19)22-20(18)17-11-10-15-6-4-5-7-16(15)12-17/h1-12,14H,13H2. The van der Waals surface area contributed by atoms with Gasteiger partial charge in [-0.25, -0.2) is 4.68 Å². The van der Waals surface area contributed by atoms with E-state index in [2.05, 4.69) is 42.5 Å². The van der Waals surface area contributed by atoms with Gasteiger partial charge in [-0.2, -0.15) is 5.10 Å². The fourth-order valence-corrected chi connectivity index (χ4v) is 3.00. The summed E-state index contributed by atoms with van der Waals surface area (Å²) in [6, 6.07) is 24.8. The Kier molecular flexibility index (Phi) is 3.60. The van der Waals surface area contributed by atoms with E-state index in [1.807, 2.05) is 41.2 Å². The van der Waals surface area contributed by atoms with Crippen LogP contribution >= 0.6 is 11.6 Å². The van der Waals surface area contributed by atoms with Crippen molar-refractivity contribution in [2.45, 2.75) is 5.88 Å². The first-order chi connectivity index (χ1) is 11.3. The van der Waals surface area contributed by atoms with Crippen LogP contribution in [0.3, 0.4) is 0 Å². The number of halogens is 1. The van der Waals surface area contributed by atoms with Crippen molar-refractivity contribution in [3.63, 3.8) is 0 Å². The molecule has 0 unspecified atom stereocenters. The van der Waals surface area contributed by atoms with Crippen LogP contribution in [0, 0.1) is 0 Å². The number of nitrogens with zero attached hydrogens (tertiary/aromatic N) is 2. The van der Waals surface area contributed by atoms with Crippen molar-refractivity contribution in [3.05, 3.63) is 84.6 Å². The zero-order chi connectivity index (χ0) is 15.6. The van der Waals surface area contributed by atoms with Gasteiger partial charge in [0.1, 0.15) is 0 Å². The molecule has 112 valence electrons. The highest BCUT2D eigenvalue weighted by atomic mass is 35.5. The zero-order valence-corrected chi connectivity index (χ0v) is 13.2. The van der Waals surface area contributed by atoms with E-state index in [9.17, 15) is 0 Å². The summed E-state index contributed by atoms with van der Waals surface area (Å²) in [6.45, 7) is 0. The zero-order valence-electron chi connectivity index (χ0n) is 12.5. The van der Waals surface area contributed by atoms with Crippen LogP contribution in [-0.4, -0.2) is 9.78 Å². The third-order valence-corrected chi connectivity index (χ3v) is 4.27. The van der Waals surface area contributed by atoms with Crippen molar-refractivity contribution < 1.29 is 0 Å². The Morgan fingerprint density at radius 2 is 1.57 bits per heavy atom. The molecule has 0 fully saturated rings. The molecule has 0 aliphatic heterocycles. The maximum absolute atomic E-state index is 6.15. The first kappa shape index (κ1) is 14.0. The summed E-state index contributed by atoms with van der Waals surface area (Å²) in [6.07, 6.45) is 2.01. The first-order valence-electron chi connectivity index (χ1n) is 7.54. The highest BCUT2D eigenvalue weighted by molar-refractivity contribution is 6.17. The topological polar surface area (TPSA) is 17.8 Å². The summed E-state index contributed by atoms with van der Waals surface area (Å²) in [4.78, 5) is 0. The van der Waals surface area contributed by atoms with Gasteiger partial charge in [0.25, 0.3) is 0 Å². The molecule has 3 heteroatoms. The third kappa shape index (κ3) is 2.62. The Morgan fingerprint density at radius 3 is 2.35 bits per heavy atom. The molecule has 0 radical (unpaired) electrons. The van der Waals surface area contributed by atoms with E-state index >= 15 is 0 Å². The van der Waals surface area contributed by atoms with Crippen molar-refractivity contribution in [1.29, 1.82) is 0 Å². The fraction of sp³-hybridized carbons (Fsp3) is 0.0500. The molecule has 0 saturated heterocycles. The summed E-state index contributed by atoms with van der Waals surface area (Å²) in [7, 11) is 0. The highest BCUT2D eigenvalue weighted by Gasteiger charge is 2.12. The van der Waals surface area contributed by atoms with Crippen molar-refractivity contribution in [2.75, 3.05) is 0 Å². The van der Waals surface area contributed by atoms with Gasteiger partial charge in [0, 0.05) is 17.3 Å². The lowest BCUT2D eigenvalue weighted by Gasteiger charge is -2.03. The number of rotatable bonds is 3. The molecule has 0 amide bonds. The Hall–Kier alpha value is -2.58. The van der Waals surface area contributed by atoms with Gasteiger partial charge in [-0.05, 0) is 29.0 Å².